The number of amides is 1. The van der Waals surface area contributed by atoms with Gasteiger partial charge in [-0.1, -0.05) is 0 Å². The van der Waals surface area contributed by atoms with Crippen molar-refractivity contribution in [2.75, 3.05) is 42.3 Å². The maximum absolute atomic E-state index is 12.5. The number of carbonyl (C=O) groups excluding carboxylic acids is 1. The van der Waals surface area contributed by atoms with Crippen LogP contribution in [0.25, 0.3) is 0 Å². The SMILES string of the molecule is Cc1cc(C(=O)Nc2cnc(N3CCCC3)nc2N(C)C)c(C)o1. The van der Waals surface area contributed by atoms with Crippen LogP contribution in [0.15, 0.2) is 16.7 Å². The lowest BCUT2D eigenvalue weighted by Crippen LogP contribution is -2.23. The zero-order valence-corrected chi connectivity index (χ0v) is 14.6. The molecule has 0 aliphatic carbocycles. The van der Waals surface area contributed by atoms with Gasteiger partial charge in [-0.2, -0.15) is 4.98 Å². The molecule has 1 N–H and O–H groups in total. The first kappa shape index (κ1) is 16.3. The van der Waals surface area contributed by atoms with Crippen LogP contribution in [0.5, 0.6) is 0 Å². The summed E-state index contributed by atoms with van der Waals surface area (Å²) in [4.78, 5) is 25.6. The largest absolute Gasteiger partial charge is 0.466 e. The fraction of sp³-hybridized carbons (Fsp3) is 0.471. The normalized spacial score (nSPS) is 14.1. The van der Waals surface area contributed by atoms with Crippen molar-refractivity contribution in [3.8, 4) is 0 Å². The molecule has 0 saturated carbocycles. The van der Waals surface area contributed by atoms with E-state index in [1.165, 1.54) is 0 Å². The van der Waals surface area contributed by atoms with Crippen molar-refractivity contribution in [3.05, 3.63) is 29.3 Å². The summed E-state index contributed by atoms with van der Waals surface area (Å²) in [5.41, 5.74) is 1.12. The number of hydrogen-bond acceptors (Lipinski definition) is 6. The van der Waals surface area contributed by atoms with Crippen LogP contribution >= 0.6 is 0 Å². The summed E-state index contributed by atoms with van der Waals surface area (Å²) in [7, 11) is 3.80. The fourth-order valence-corrected chi connectivity index (χ4v) is 2.91. The van der Waals surface area contributed by atoms with E-state index >= 15 is 0 Å². The Morgan fingerprint density at radius 3 is 2.58 bits per heavy atom. The fourth-order valence-electron chi connectivity index (χ4n) is 2.91. The summed E-state index contributed by atoms with van der Waals surface area (Å²) < 4.78 is 5.43. The van der Waals surface area contributed by atoms with E-state index in [-0.39, 0.29) is 5.91 Å². The summed E-state index contributed by atoms with van der Waals surface area (Å²) in [5, 5.41) is 2.90. The van der Waals surface area contributed by atoms with Gasteiger partial charge in [0.1, 0.15) is 17.2 Å². The summed E-state index contributed by atoms with van der Waals surface area (Å²) in [5.74, 6) is 2.50. The van der Waals surface area contributed by atoms with Gasteiger partial charge in [-0.3, -0.25) is 4.79 Å². The van der Waals surface area contributed by atoms with E-state index in [1.54, 1.807) is 19.2 Å². The molecule has 0 aromatic carbocycles. The third-order valence-electron chi connectivity index (χ3n) is 4.10. The zero-order chi connectivity index (χ0) is 17.3. The molecule has 128 valence electrons. The van der Waals surface area contributed by atoms with Crippen LogP contribution in [0.3, 0.4) is 0 Å². The molecule has 7 heteroatoms. The molecule has 2 aromatic rings. The van der Waals surface area contributed by atoms with Crippen LogP contribution in [0.1, 0.15) is 34.7 Å². The van der Waals surface area contributed by atoms with Crippen LogP contribution in [-0.2, 0) is 0 Å². The highest BCUT2D eigenvalue weighted by molar-refractivity contribution is 6.06. The van der Waals surface area contributed by atoms with E-state index in [0.717, 1.165) is 25.9 Å². The lowest BCUT2D eigenvalue weighted by atomic mass is 10.2. The molecular formula is C17H23N5O2. The Balaban J connectivity index is 1.86. The number of nitrogens with one attached hydrogen (secondary N) is 1. The summed E-state index contributed by atoms with van der Waals surface area (Å²) in [6.45, 7) is 5.56. The Kier molecular flexibility index (Phi) is 4.42. The minimum absolute atomic E-state index is 0.218. The van der Waals surface area contributed by atoms with Gasteiger partial charge in [0.15, 0.2) is 5.82 Å². The quantitative estimate of drug-likeness (QED) is 0.929. The number of aromatic nitrogens is 2. The number of aryl methyl sites for hydroxylation is 2. The molecule has 24 heavy (non-hydrogen) atoms. The Morgan fingerprint density at radius 1 is 1.29 bits per heavy atom. The monoisotopic (exact) mass is 329 g/mol. The third kappa shape index (κ3) is 3.20. The van der Waals surface area contributed by atoms with Crippen molar-refractivity contribution in [1.82, 2.24) is 9.97 Å². The average molecular weight is 329 g/mol. The Morgan fingerprint density at radius 2 is 2.00 bits per heavy atom. The second-order valence-corrected chi connectivity index (χ2v) is 6.28. The summed E-state index contributed by atoms with van der Waals surface area (Å²) in [6.07, 6.45) is 4.01. The second kappa shape index (κ2) is 6.51. The van der Waals surface area contributed by atoms with Gasteiger partial charge in [-0.15, -0.1) is 0 Å². The van der Waals surface area contributed by atoms with Crippen LogP contribution in [0, 0.1) is 13.8 Å². The first-order chi connectivity index (χ1) is 11.5. The van der Waals surface area contributed by atoms with Gasteiger partial charge in [0.2, 0.25) is 5.95 Å². The molecule has 0 radical (unpaired) electrons. The van der Waals surface area contributed by atoms with E-state index in [2.05, 4.69) is 20.2 Å². The van der Waals surface area contributed by atoms with E-state index in [9.17, 15) is 4.79 Å². The first-order valence-electron chi connectivity index (χ1n) is 8.13. The lowest BCUT2D eigenvalue weighted by Gasteiger charge is -2.20. The molecule has 0 spiro atoms. The maximum Gasteiger partial charge on any atom is 0.259 e. The molecular weight excluding hydrogens is 306 g/mol. The standard InChI is InChI=1S/C17H23N5O2/c1-11-9-13(12(2)24-11)16(23)19-14-10-18-17(20-15(14)21(3)4)22-7-5-6-8-22/h9-10H,5-8H2,1-4H3,(H,19,23). The molecule has 0 bridgehead atoms. The minimum atomic E-state index is -0.218. The van der Waals surface area contributed by atoms with E-state index < -0.39 is 0 Å². The molecule has 2 aromatic heterocycles. The maximum atomic E-state index is 12.5. The molecule has 3 heterocycles. The number of carbonyl (C=O) groups is 1. The minimum Gasteiger partial charge on any atom is -0.466 e. The van der Waals surface area contributed by atoms with Crippen LogP contribution < -0.4 is 15.1 Å². The lowest BCUT2D eigenvalue weighted by molar-refractivity contribution is 0.102. The molecule has 1 aliphatic rings. The summed E-state index contributed by atoms with van der Waals surface area (Å²) >= 11 is 0. The van der Waals surface area contributed by atoms with Crippen LogP contribution in [-0.4, -0.2) is 43.1 Å². The average Bonchev–Trinajstić information content (AvgIpc) is 3.17. The molecule has 1 fully saturated rings. The predicted octanol–water partition coefficient (Wildman–Crippen LogP) is 2.60. The smallest absolute Gasteiger partial charge is 0.259 e. The van der Waals surface area contributed by atoms with Crippen molar-refractivity contribution >= 4 is 23.4 Å². The molecule has 0 unspecified atom stereocenters. The second-order valence-electron chi connectivity index (χ2n) is 6.28. The van der Waals surface area contributed by atoms with Crippen LogP contribution in [0.2, 0.25) is 0 Å². The number of hydrogen-bond donors (Lipinski definition) is 1. The van der Waals surface area contributed by atoms with Crippen molar-refractivity contribution < 1.29 is 9.21 Å². The topological polar surface area (TPSA) is 74.5 Å². The molecule has 1 aliphatic heterocycles. The van der Waals surface area contributed by atoms with Crippen molar-refractivity contribution in [3.63, 3.8) is 0 Å². The Labute approximate surface area is 141 Å². The number of furan rings is 1. The van der Waals surface area contributed by atoms with Gasteiger partial charge in [0, 0.05) is 27.2 Å². The number of nitrogens with zero attached hydrogens (tertiary/aromatic N) is 4. The summed E-state index contributed by atoms with van der Waals surface area (Å²) in [6, 6.07) is 1.74. The Hall–Kier alpha value is -2.57. The molecule has 0 atom stereocenters. The third-order valence-corrected chi connectivity index (χ3v) is 4.10. The zero-order valence-electron chi connectivity index (χ0n) is 14.6. The van der Waals surface area contributed by atoms with E-state index in [0.29, 0.717) is 34.5 Å². The molecule has 7 nitrogen and oxygen atoms in total. The van der Waals surface area contributed by atoms with Gasteiger partial charge >= 0.3 is 0 Å². The van der Waals surface area contributed by atoms with Crippen molar-refractivity contribution in [2.24, 2.45) is 0 Å². The van der Waals surface area contributed by atoms with Crippen molar-refractivity contribution in [1.29, 1.82) is 0 Å². The van der Waals surface area contributed by atoms with E-state index in [4.69, 9.17) is 4.42 Å². The molecule has 3 rings (SSSR count). The number of anilines is 3. The van der Waals surface area contributed by atoms with Gasteiger partial charge in [0.25, 0.3) is 5.91 Å². The van der Waals surface area contributed by atoms with Crippen molar-refractivity contribution in [2.45, 2.75) is 26.7 Å². The van der Waals surface area contributed by atoms with Gasteiger partial charge in [-0.25, -0.2) is 4.98 Å². The molecule has 1 saturated heterocycles. The predicted molar refractivity (Wildman–Crippen MR) is 93.9 cm³/mol. The highest BCUT2D eigenvalue weighted by Gasteiger charge is 2.20. The van der Waals surface area contributed by atoms with Crippen LogP contribution in [0.4, 0.5) is 17.5 Å². The van der Waals surface area contributed by atoms with Gasteiger partial charge in [-0.05, 0) is 32.8 Å². The molecule has 1 amide bonds. The number of rotatable bonds is 4. The highest BCUT2D eigenvalue weighted by Crippen LogP contribution is 2.26. The first-order valence-corrected chi connectivity index (χ1v) is 8.13. The van der Waals surface area contributed by atoms with E-state index in [1.807, 2.05) is 25.9 Å². The van der Waals surface area contributed by atoms with Gasteiger partial charge < -0.3 is 19.5 Å². The highest BCUT2D eigenvalue weighted by atomic mass is 16.3. The Bertz CT molecular complexity index is 747. The van der Waals surface area contributed by atoms with Gasteiger partial charge in [0.05, 0.1) is 11.8 Å².